The van der Waals surface area contributed by atoms with Crippen molar-refractivity contribution in [2.75, 3.05) is 42.5 Å². The Morgan fingerprint density at radius 1 is 1.03 bits per heavy atom. The first-order valence-electron chi connectivity index (χ1n) is 9.62. The number of rotatable bonds is 3. The van der Waals surface area contributed by atoms with E-state index in [1.54, 1.807) is 52.3 Å². The molecule has 2 saturated heterocycles. The largest absolute Gasteiger partial charge is 0.366 e. The minimum atomic E-state index is -0.253. The van der Waals surface area contributed by atoms with Gasteiger partial charge in [0.1, 0.15) is 5.82 Å². The van der Waals surface area contributed by atoms with Gasteiger partial charge in [-0.15, -0.1) is 0 Å². The molecule has 0 unspecified atom stereocenters. The number of amides is 3. The Morgan fingerprint density at radius 3 is 2.41 bits per heavy atom. The van der Waals surface area contributed by atoms with Crippen molar-refractivity contribution in [3.63, 3.8) is 0 Å². The van der Waals surface area contributed by atoms with Gasteiger partial charge in [-0.2, -0.15) is 0 Å². The van der Waals surface area contributed by atoms with E-state index in [-0.39, 0.29) is 30.2 Å². The van der Waals surface area contributed by atoms with Crippen molar-refractivity contribution in [2.45, 2.75) is 12.5 Å². The standard InChI is InChI=1S/C21H22ClFN4O2/c22-15-5-7-17(8-6-15)27-14-16(13-20(27)28)24-21(29)26-11-9-25(10-12-26)19-4-2-1-3-18(19)23/h1-8,16H,9-14H2,(H,24,29)/t16-/m1/s1. The number of nitrogens with zero attached hydrogens (tertiary/aromatic N) is 3. The van der Waals surface area contributed by atoms with Gasteiger partial charge in [0.2, 0.25) is 5.91 Å². The van der Waals surface area contributed by atoms with Gasteiger partial charge in [0, 0.05) is 49.9 Å². The molecule has 1 N–H and O–H groups in total. The number of urea groups is 1. The lowest BCUT2D eigenvalue weighted by Crippen LogP contribution is -2.54. The van der Waals surface area contributed by atoms with Gasteiger partial charge in [0.25, 0.3) is 0 Å². The molecule has 0 saturated carbocycles. The number of anilines is 2. The minimum Gasteiger partial charge on any atom is -0.366 e. The number of halogens is 2. The van der Waals surface area contributed by atoms with Crippen LogP contribution in [0.25, 0.3) is 0 Å². The molecule has 3 amide bonds. The second-order valence-corrected chi connectivity index (χ2v) is 7.69. The number of carbonyl (C=O) groups is 2. The molecule has 0 aromatic heterocycles. The predicted octanol–water partition coefficient (Wildman–Crippen LogP) is 3.12. The third-order valence-electron chi connectivity index (χ3n) is 5.35. The van der Waals surface area contributed by atoms with Crippen LogP contribution in [0, 0.1) is 5.82 Å². The SMILES string of the molecule is O=C(N[C@@H]1CC(=O)N(c2ccc(Cl)cc2)C1)N1CCN(c2ccccc2F)CC1. The first-order valence-corrected chi connectivity index (χ1v) is 10.00. The van der Waals surface area contributed by atoms with Gasteiger partial charge in [-0.3, -0.25) is 4.79 Å². The summed E-state index contributed by atoms with van der Waals surface area (Å²) in [6.07, 6.45) is 0.267. The van der Waals surface area contributed by atoms with Crippen LogP contribution >= 0.6 is 11.6 Å². The Hall–Kier alpha value is -2.80. The Bertz CT molecular complexity index is 900. The minimum absolute atomic E-state index is 0.0259. The fourth-order valence-electron chi connectivity index (χ4n) is 3.80. The molecule has 0 aliphatic carbocycles. The maximum atomic E-state index is 14.0. The van der Waals surface area contributed by atoms with Crippen molar-refractivity contribution in [1.82, 2.24) is 10.2 Å². The average Bonchev–Trinajstić information content (AvgIpc) is 3.09. The summed E-state index contributed by atoms with van der Waals surface area (Å²) in [6.45, 7) is 2.56. The predicted molar refractivity (Wildman–Crippen MR) is 111 cm³/mol. The molecule has 2 fully saturated rings. The van der Waals surface area contributed by atoms with E-state index in [0.29, 0.717) is 43.4 Å². The molecular weight excluding hydrogens is 395 g/mol. The van der Waals surface area contributed by atoms with Crippen LogP contribution < -0.4 is 15.1 Å². The van der Waals surface area contributed by atoms with Gasteiger partial charge in [-0.1, -0.05) is 23.7 Å². The van der Waals surface area contributed by atoms with Crippen LogP contribution in [0.5, 0.6) is 0 Å². The van der Waals surface area contributed by atoms with E-state index in [1.165, 1.54) is 6.07 Å². The zero-order valence-electron chi connectivity index (χ0n) is 15.9. The highest BCUT2D eigenvalue weighted by atomic mass is 35.5. The van der Waals surface area contributed by atoms with Crippen molar-refractivity contribution in [3.8, 4) is 0 Å². The monoisotopic (exact) mass is 416 g/mol. The van der Waals surface area contributed by atoms with Gasteiger partial charge >= 0.3 is 6.03 Å². The maximum absolute atomic E-state index is 14.0. The molecule has 0 radical (unpaired) electrons. The molecule has 2 heterocycles. The van der Waals surface area contributed by atoms with Gasteiger partial charge in [0.15, 0.2) is 0 Å². The lowest BCUT2D eigenvalue weighted by molar-refractivity contribution is -0.117. The number of carbonyl (C=O) groups excluding carboxylic acids is 2. The molecule has 152 valence electrons. The number of piperazine rings is 1. The summed E-state index contributed by atoms with van der Waals surface area (Å²) in [5, 5.41) is 3.57. The van der Waals surface area contributed by atoms with Gasteiger partial charge in [0.05, 0.1) is 11.7 Å². The highest BCUT2D eigenvalue weighted by Gasteiger charge is 2.33. The lowest BCUT2D eigenvalue weighted by Gasteiger charge is -2.36. The fraction of sp³-hybridized carbons (Fsp3) is 0.333. The molecule has 2 aromatic carbocycles. The smallest absolute Gasteiger partial charge is 0.317 e. The molecule has 2 aliphatic heterocycles. The Labute approximate surface area is 173 Å². The van der Waals surface area contributed by atoms with Crippen LogP contribution in [0.2, 0.25) is 5.02 Å². The summed E-state index contributed by atoms with van der Waals surface area (Å²) in [5.41, 5.74) is 1.34. The van der Waals surface area contributed by atoms with Crippen molar-refractivity contribution < 1.29 is 14.0 Å². The van der Waals surface area contributed by atoms with Crippen molar-refractivity contribution in [3.05, 3.63) is 59.4 Å². The number of para-hydroxylation sites is 1. The normalized spacial score (nSPS) is 19.6. The summed E-state index contributed by atoms with van der Waals surface area (Å²) in [4.78, 5) is 30.3. The molecule has 1 atom stereocenters. The maximum Gasteiger partial charge on any atom is 0.317 e. The zero-order valence-corrected chi connectivity index (χ0v) is 16.6. The summed E-state index contributed by atoms with van der Waals surface area (Å²) in [5.74, 6) is -0.279. The molecular formula is C21H22ClFN4O2. The summed E-state index contributed by atoms with van der Waals surface area (Å²) >= 11 is 5.91. The summed E-state index contributed by atoms with van der Waals surface area (Å²) in [6, 6.07) is 13.3. The number of nitrogens with one attached hydrogen (secondary N) is 1. The van der Waals surface area contributed by atoms with Gasteiger partial charge in [-0.05, 0) is 36.4 Å². The molecule has 0 bridgehead atoms. The molecule has 2 aromatic rings. The molecule has 2 aliphatic rings. The van der Waals surface area contributed by atoms with E-state index >= 15 is 0 Å². The lowest BCUT2D eigenvalue weighted by atomic mass is 10.2. The Kier molecular flexibility index (Phi) is 5.58. The number of hydrogen-bond donors (Lipinski definition) is 1. The Morgan fingerprint density at radius 2 is 1.72 bits per heavy atom. The molecule has 29 heavy (non-hydrogen) atoms. The van der Waals surface area contributed by atoms with Crippen LogP contribution in [0.15, 0.2) is 48.5 Å². The summed E-state index contributed by atoms with van der Waals surface area (Å²) in [7, 11) is 0. The second-order valence-electron chi connectivity index (χ2n) is 7.26. The van der Waals surface area contributed by atoms with E-state index < -0.39 is 0 Å². The Balaban J connectivity index is 1.31. The molecule has 8 heteroatoms. The average molecular weight is 417 g/mol. The third kappa shape index (κ3) is 4.29. The van der Waals surface area contributed by atoms with Crippen molar-refractivity contribution in [1.29, 1.82) is 0 Å². The van der Waals surface area contributed by atoms with Crippen molar-refractivity contribution >= 4 is 34.9 Å². The first-order chi connectivity index (χ1) is 14.0. The van der Waals surface area contributed by atoms with Crippen LogP contribution in [-0.4, -0.2) is 55.6 Å². The highest BCUT2D eigenvalue weighted by Crippen LogP contribution is 2.24. The van der Waals surface area contributed by atoms with Crippen LogP contribution in [-0.2, 0) is 4.79 Å². The van der Waals surface area contributed by atoms with Crippen LogP contribution in [0.1, 0.15) is 6.42 Å². The number of hydrogen-bond acceptors (Lipinski definition) is 3. The molecule has 4 rings (SSSR count). The summed E-state index contributed by atoms with van der Waals surface area (Å²) < 4.78 is 14.0. The van der Waals surface area contributed by atoms with Gasteiger partial charge < -0.3 is 20.0 Å². The quantitative estimate of drug-likeness (QED) is 0.836. The van der Waals surface area contributed by atoms with E-state index in [2.05, 4.69) is 5.32 Å². The van der Waals surface area contributed by atoms with Crippen molar-refractivity contribution in [2.24, 2.45) is 0 Å². The van der Waals surface area contributed by atoms with E-state index in [0.717, 1.165) is 5.69 Å². The third-order valence-corrected chi connectivity index (χ3v) is 5.60. The first kappa shape index (κ1) is 19.5. The topological polar surface area (TPSA) is 55.9 Å². The van der Waals surface area contributed by atoms with Crippen LogP contribution in [0.4, 0.5) is 20.6 Å². The molecule has 0 spiro atoms. The van der Waals surface area contributed by atoms with E-state index in [4.69, 9.17) is 11.6 Å². The van der Waals surface area contributed by atoms with E-state index in [9.17, 15) is 14.0 Å². The second kappa shape index (κ2) is 8.29. The highest BCUT2D eigenvalue weighted by molar-refractivity contribution is 6.30. The zero-order chi connectivity index (χ0) is 20.4. The molecule has 6 nitrogen and oxygen atoms in total. The van der Waals surface area contributed by atoms with Crippen LogP contribution in [0.3, 0.4) is 0 Å². The number of benzene rings is 2. The van der Waals surface area contributed by atoms with E-state index in [1.807, 2.05) is 4.90 Å². The fourth-order valence-corrected chi connectivity index (χ4v) is 3.93. The van der Waals surface area contributed by atoms with Gasteiger partial charge in [-0.25, -0.2) is 9.18 Å².